The van der Waals surface area contributed by atoms with Crippen molar-refractivity contribution in [2.75, 3.05) is 26.8 Å². The Hall–Kier alpha value is -1.28. The molecule has 1 heterocycles. The average Bonchev–Trinajstić information content (AvgIpc) is 2.90. The number of nitrogens with zero attached hydrogens (tertiary/aromatic N) is 1. The molecule has 1 aromatic carbocycles. The molecule has 134 valence electrons. The number of hydrogen-bond donors (Lipinski definition) is 2. The number of halogens is 1. The zero-order chi connectivity index (χ0) is 16.5. The number of para-hydroxylation sites is 1. The molecule has 0 saturated carbocycles. The Bertz CT molecular complexity index is 640. The molecular weight excluding hydrogens is 417 g/mol. The van der Waals surface area contributed by atoms with Gasteiger partial charge >= 0.3 is 0 Å². The van der Waals surface area contributed by atoms with Crippen LogP contribution in [0.3, 0.4) is 0 Å². The molecule has 0 aliphatic rings. The summed E-state index contributed by atoms with van der Waals surface area (Å²) in [5.74, 6) is 1.69. The van der Waals surface area contributed by atoms with Gasteiger partial charge in [0.1, 0.15) is 11.3 Å². The van der Waals surface area contributed by atoms with Gasteiger partial charge in [-0.3, -0.25) is 4.99 Å². The molecule has 0 spiro atoms. The quantitative estimate of drug-likeness (QED) is 0.281. The lowest BCUT2D eigenvalue weighted by Crippen LogP contribution is -2.38. The summed E-state index contributed by atoms with van der Waals surface area (Å²) in [6.07, 6.45) is 2.27. The van der Waals surface area contributed by atoms with E-state index in [2.05, 4.69) is 35.5 Å². The van der Waals surface area contributed by atoms with Gasteiger partial charge in [-0.15, -0.1) is 24.0 Å². The van der Waals surface area contributed by atoms with Crippen LogP contribution in [0.15, 0.2) is 33.7 Å². The Morgan fingerprint density at radius 3 is 2.71 bits per heavy atom. The molecule has 0 bridgehead atoms. The minimum Gasteiger partial charge on any atom is -0.459 e. The van der Waals surface area contributed by atoms with Gasteiger partial charge in [0, 0.05) is 31.1 Å². The number of rotatable bonds is 8. The number of nitrogens with one attached hydrogen (secondary N) is 2. The second-order valence-electron chi connectivity index (χ2n) is 5.46. The van der Waals surface area contributed by atoms with Crippen LogP contribution in [0.4, 0.5) is 0 Å². The fourth-order valence-corrected chi connectivity index (χ4v) is 2.37. The van der Waals surface area contributed by atoms with E-state index in [1.165, 1.54) is 5.56 Å². The average molecular weight is 445 g/mol. The topological polar surface area (TPSA) is 58.8 Å². The van der Waals surface area contributed by atoms with E-state index in [4.69, 9.17) is 9.15 Å². The summed E-state index contributed by atoms with van der Waals surface area (Å²) >= 11 is 0. The van der Waals surface area contributed by atoms with E-state index < -0.39 is 0 Å². The first-order valence-electron chi connectivity index (χ1n) is 8.25. The van der Waals surface area contributed by atoms with E-state index in [9.17, 15) is 0 Å². The maximum Gasteiger partial charge on any atom is 0.191 e. The van der Waals surface area contributed by atoms with Crippen LogP contribution < -0.4 is 10.6 Å². The number of fused-ring (bicyclic) bond motifs is 1. The maximum atomic E-state index is 5.89. The molecule has 6 heteroatoms. The van der Waals surface area contributed by atoms with E-state index >= 15 is 0 Å². The molecule has 0 atom stereocenters. The van der Waals surface area contributed by atoms with Crippen molar-refractivity contribution in [2.45, 2.75) is 33.2 Å². The van der Waals surface area contributed by atoms with Crippen molar-refractivity contribution in [1.82, 2.24) is 10.6 Å². The number of aryl methyl sites for hydroxylation is 1. The lowest BCUT2D eigenvalue weighted by Gasteiger charge is -2.11. The van der Waals surface area contributed by atoms with Crippen molar-refractivity contribution in [1.29, 1.82) is 0 Å². The predicted octanol–water partition coefficient (Wildman–Crippen LogP) is 3.84. The number of furan rings is 1. The van der Waals surface area contributed by atoms with E-state index in [0.717, 1.165) is 48.7 Å². The van der Waals surface area contributed by atoms with Crippen LogP contribution in [0.1, 0.15) is 31.1 Å². The van der Waals surface area contributed by atoms with Crippen molar-refractivity contribution in [3.05, 3.63) is 35.6 Å². The molecule has 0 unspecified atom stereocenters. The van der Waals surface area contributed by atoms with Gasteiger partial charge in [-0.05, 0) is 19.4 Å². The molecule has 2 N–H and O–H groups in total. The first kappa shape index (κ1) is 20.8. The van der Waals surface area contributed by atoms with Crippen LogP contribution in [0, 0.1) is 6.92 Å². The molecule has 0 amide bonds. The molecule has 0 aliphatic carbocycles. The molecular formula is C18H28IN3O2. The molecule has 2 aromatic rings. The lowest BCUT2D eigenvalue weighted by molar-refractivity contribution is 0.136. The maximum absolute atomic E-state index is 5.89. The fraction of sp³-hybridized carbons (Fsp3) is 0.500. The summed E-state index contributed by atoms with van der Waals surface area (Å²) < 4.78 is 11.4. The zero-order valence-electron chi connectivity index (χ0n) is 14.7. The van der Waals surface area contributed by atoms with Crippen molar-refractivity contribution in [2.24, 2.45) is 4.99 Å². The van der Waals surface area contributed by atoms with Gasteiger partial charge < -0.3 is 19.8 Å². The second kappa shape index (κ2) is 11.3. The normalized spacial score (nSPS) is 11.4. The Kier molecular flexibility index (Phi) is 9.78. The summed E-state index contributed by atoms with van der Waals surface area (Å²) in [5.41, 5.74) is 2.10. The Labute approximate surface area is 161 Å². The molecule has 0 radical (unpaired) electrons. The van der Waals surface area contributed by atoms with Gasteiger partial charge in [-0.2, -0.15) is 0 Å². The first-order valence-corrected chi connectivity index (χ1v) is 8.25. The van der Waals surface area contributed by atoms with Crippen LogP contribution in [0.25, 0.3) is 11.0 Å². The minimum atomic E-state index is 0. The van der Waals surface area contributed by atoms with Crippen LogP contribution in [-0.2, 0) is 11.3 Å². The number of guanidine groups is 1. The van der Waals surface area contributed by atoms with Crippen LogP contribution in [-0.4, -0.2) is 32.8 Å². The minimum absolute atomic E-state index is 0. The molecule has 0 aliphatic heterocycles. The van der Waals surface area contributed by atoms with Gasteiger partial charge in [-0.25, -0.2) is 0 Å². The molecule has 0 fully saturated rings. The van der Waals surface area contributed by atoms with Crippen molar-refractivity contribution in [3.63, 3.8) is 0 Å². The van der Waals surface area contributed by atoms with Gasteiger partial charge in [0.05, 0.1) is 13.2 Å². The summed E-state index contributed by atoms with van der Waals surface area (Å²) in [6, 6.07) is 8.09. The summed E-state index contributed by atoms with van der Waals surface area (Å²) in [5, 5.41) is 7.68. The number of benzene rings is 1. The van der Waals surface area contributed by atoms with Crippen LogP contribution in [0.2, 0.25) is 0 Å². The Balaban J connectivity index is 0.00000288. The molecule has 0 saturated heterocycles. The van der Waals surface area contributed by atoms with Gasteiger partial charge in [0.2, 0.25) is 0 Å². The highest BCUT2D eigenvalue weighted by atomic mass is 127. The smallest absolute Gasteiger partial charge is 0.191 e. The van der Waals surface area contributed by atoms with E-state index in [1.807, 2.05) is 18.2 Å². The van der Waals surface area contributed by atoms with E-state index in [-0.39, 0.29) is 24.0 Å². The highest BCUT2D eigenvalue weighted by Crippen LogP contribution is 2.24. The Morgan fingerprint density at radius 1 is 1.21 bits per heavy atom. The van der Waals surface area contributed by atoms with Crippen LogP contribution in [0.5, 0.6) is 0 Å². The molecule has 24 heavy (non-hydrogen) atoms. The molecule has 1 aromatic heterocycles. The highest BCUT2D eigenvalue weighted by molar-refractivity contribution is 14.0. The number of hydrogen-bond acceptors (Lipinski definition) is 3. The fourth-order valence-electron chi connectivity index (χ4n) is 2.37. The number of unbranched alkanes of at least 4 members (excludes halogenated alkanes) is 1. The third kappa shape index (κ3) is 5.98. The Morgan fingerprint density at radius 2 is 2.00 bits per heavy atom. The monoisotopic (exact) mass is 445 g/mol. The van der Waals surface area contributed by atoms with E-state index in [1.54, 1.807) is 7.05 Å². The van der Waals surface area contributed by atoms with Crippen molar-refractivity contribution >= 4 is 40.9 Å². The second-order valence-corrected chi connectivity index (χ2v) is 5.46. The zero-order valence-corrected chi connectivity index (χ0v) is 17.1. The third-order valence-electron chi connectivity index (χ3n) is 3.76. The number of aliphatic imine (C=N–C) groups is 1. The van der Waals surface area contributed by atoms with Gasteiger partial charge in [0.25, 0.3) is 0 Å². The van der Waals surface area contributed by atoms with Gasteiger partial charge in [0.15, 0.2) is 5.96 Å². The highest BCUT2D eigenvalue weighted by Gasteiger charge is 2.10. The number of ether oxygens (including phenoxy) is 1. The lowest BCUT2D eigenvalue weighted by atomic mass is 10.1. The molecule has 5 nitrogen and oxygen atoms in total. The van der Waals surface area contributed by atoms with Gasteiger partial charge in [-0.1, -0.05) is 31.5 Å². The SMILES string of the molecule is CCCCOCCNC(=NC)NCc1oc2ccccc2c1C.I. The molecule has 2 rings (SSSR count). The summed E-state index contributed by atoms with van der Waals surface area (Å²) in [7, 11) is 1.76. The van der Waals surface area contributed by atoms with Crippen molar-refractivity contribution < 1.29 is 9.15 Å². The summed E-state index contributed by atoms with van der Waals surface area (Å²) in [6.45, 7) is 7.10. The third-order valence-corrected chi connectivity index (χ3v) is 3.76. The summed E-state index contributed by atoms with van der Waals surface area (Å²) in [4.78, 5) is 4.22. The first-order chi connectivity index (χ1) is 11.3. The van der Waals surface area contributed by atoms with Crippen LogP contribution >= 0.6 is 24.0 Å². The standard InChI is InChI=1S/C18H27N3O2.HI/c1-4-5-11-22-12-10-20-18(19-3)21-13-17-14(2)15-8-6-7-9-16(15)23-17;/h6-9H,4-5,10-13H2,1-3H3,(H2,19,20,21);1H. The van der Waals surface area contributed by atoms with Crippen molar-refractivity contribution in [3.8, 4) is 0 Å². The largest absolute Gasteiger partial charge is 0.459 e. The predicted molar refractivity (Wildman–Crippen MR) is 110 cm³/mol. The van der Waals surface area contributed by atoms with E-state index in [0.29, 0.717) is 13.2 Å².